The zero-order valence-corrected chi connectivity index (χ0v) is 12.1. The molecule has 0 aliphatic heterocycles. The molecule has 0 spiro atoms. The molecule has 24 heavy (non-hydrogen) atoms. The van der Waals surface area contributed by atoms with Crippen LogP contribution in [0.5, 0.6) is 5.75 Å². The molecule has 0 unspecified atom stereocenters. The van der Waals surface area contributed by atoms with E-state index in [1.54, 1.807) is 11.8 Å². The first-order chi connectivity index (χ1) is 10.7. The fourth-order valence-electron chi connectivity index (χ4n) is 2.21. The van der Waals surface area contributed by atoms with Gasteiger partial charge in [0.1, 0.15) is 11.3 Å². The fraction of sp³-hybridized carbons (Fsp3) is 0.188. The van der Waals surface area contributed by atoms with E-state index in [4.69, 9.17) is 5.11 Å². The van der Waals surface area contributed by atoms with E-state index in [0.29, 0.717) is 17.9 Å². The molecule has 0 saturated heterocycles. The van der Waals surface area contributed by atoms with E-state index in [1.807, 2.05) is 0 Å². The van der Waals surface area contributed by atoms with Crippen LogP contribution in [0, 0.1) is 0 Å². The standard InChI is InChI=1S/C16H14F3NO3.K.H/c1-2-20(11-5-3-10(4-6-11)16(17,18)19)12-7-8-14(21)13(9-12)15(22)23;;/h3-9,21H,2H2,1H3,(H,22,23);;. The SMILES string of the molecule is CCN(c1ccc(C(F)(F)F)cc1)c1ccc(O)c(C(=O)O)c1.[KH]. The Labute approximate surface area is 179 Å². The molecule has 0 heterocycles. The number of aromatic hydroxyl groups is 1. The molecule has 0 aromatic heterocycles. The number of nitrogens with zero attached hydrogens (tertiary/aromatic N) is 1. The molecule has 0 fully saturated rings. The van der Waals surface area contributed by atoms with Gasteiger partial charge in [-0.25, -0.2) is 4.79 Å². The van der Waals surface area contributed by atoms with Crippen molar-refractivity contribution in [1.82, 2.24) is 0 Å². The Bertz CT molecular complexity index is 717. The summed E-state index contributed by atoms with van der Waals surface area (Å²) in [7, 11) is 0. The van der Waals surface area contributed by atoms with E-state index >= 15 is 0 Å². The number of alkyl halides is 3. The second-order valence-electron chi connectivity index (χ2n) is 4.80. The molecule has 0 atom stereocenters. The van der Waals surface area contributed by atoms with Crippen molar-refractivity contribution < 1.29 is 28.2 Å². The second kappa shape index (κ2) is 8.35. The van der Waals surface area contributed by atoms with Crippen LogP contribution in [-0.4, -0.2) is 74.1 Å². The van der Waals surface area contributed by atoms with Crippen LogP contribution in [-0.2, 0) is 6.18 Å². The molecule has 8 heteroatoms. The summed E-state index contributed by atoms with van der Waals surface area (Å²) in [4.78, 5) is 12.7. The third kappa shape index (κ3) is 4.73. The zero-order chi connectivity index (χ0) is 17.2. The Kier molecular flexibility index (Phi) is 7.30. The number of carboxylic acid groups (broad SMARTS) is 1. The number of hydrogen-bond donors (Lipinski definition) is 2. The molecule has 2 N–H and O–H groups in total. The Morgan fingerprint density at radius 3 is 2.08 bits per heavy atom. The Hall–Kier alpha value is -1.06. The van der Waals surface area contributed by atoms with Crippen LogP contribution in [0.1, 0.15) is 22.8 Å². The molecule has 0 aliphatic carbocycles. The summed E-state index contributed by atoms with van der Waals surface area (Å²) < 4.78 is 37.8. The Morgan fingerprint density at radius 1 is 1.08 bits per heavy atom. The second-order valence-corrected chi connectivity index (χ2v) is 4.80. The van der Waals surface area contributed by atoms with Crippen molar-refractivity contribution in [3.8, 4) is 5.75 Å². The normalized spacial score (nSPS) is 10.8. The molecule has 124 valence electrons. The quantitative estimate of drug-likeness (QED) is 0.813. The number of anilines is 2. The third-order valence-electron chi connectivity index (χ3n) is 3.34. The molecule has 2 rings (SSSR count). The van der Waals surface area contributed by atoms with Crippen LogP contribution >= 0.6 is 0 Å². The van der Waals surface area contributed by atoms with Crippen LogP contribution in [0.15, 0.2) is 42.5 Å². The first kappa shape index (κ1) is 21.0. The van der Waals surface area contributed by atoms with Gasteiger partial charge >= 0.3 is 63.5 Å². The number of phenols is 1. The fourth-order valence-corrected chi connectivity index (χ4v) is 2.21. The Balaban J connectivity index is 0.00000288. The van der Waals surface area contributed by atoms with Gasteiger partial charge in [0.05, 0.1) is 5.56 Å². The summed E-state index contributed by atoms with van der Waals surface area (Å²) in [5, 5.41) is 18.6. The number of carboxylic acids is 1. The number of benzene rings is 2. The van der Waals surface area contributed by atoms with E-state index < -0.39 is 17.7 Å². The van der Waals surface area contributed by atoms with Crippen molar-refractivity contribution in [2.75, 3.05) is 11.4 Å². The van der Waals surface area contributed by atoms with Crippen LogP contribution in [0.25, 0.3) is 0 Å². The zero-order valence-electron chi connectivity index (χ0n) is 12.1. The van der Waals surface area contributed by atoms with E-state index in [-0.39, 0.29) is 62.7 Å². The molecular weight excluding hydrogens is 350 g/mol. The number of rotatable bonds is 4. The topological polar surface area (TPSA) is 60.8 Å². The predicted octanol–water partition coefficient (Wildman–Crippen LogP) is 3.62. The van der Waals surface area contributed by atoms with Gasteiger partial charge in [-0.2, -0.15) is 13.2 Å². The van der Waals surface area contributed by atoms with Gasteiger partial charge in [-0.3, -0.25) is 0 Å². The van der Waals surface area contributed by atoms with Crippen molar-refractivity contribution in [3.63, 3.8) is 0 Å². The van der Waals surface area contributed by atoms with E-state index in [9.17, 15) is 23.1 Å². The van der Waals surface area contributed by atoms with Crippen molar-refractivity contribution in [2.24, 2.45) is 0 Å². The number of halogens is 3. The van der Waals surface area contributed by atoms with Gasteiger partial charge in [-0.15, -0.1) is 0 Å². The molecule has 4 nitrogen and oxygen atoms in total. The van der Waals surface area contributed by atoms with Crippen LogP contribution in [0.3, 0.4) is 0 Å². The van der Waals surface area contributed by atoms with Crippen molar-refractivity contribution >= 4 is 68.7 Å². The van der Waals surface area contributed by atoms with Crippen molar-refractivity contribution in [3.05, 3.63) is 53.6 Å². The van der Waals surface area contributed by atoms with Crippen LogP contribution in [0.2, 0.25) is 0 Å². The number of carbonyl (C=O) groups is 1. The van der Waals surface area contributed by atoms with E-state index in [0.717, 1.165) is 12.1 Å². The minimum atomic E-state index is -4.41. The van der Waals surface area contributed by atoms with Gasteiger partial charge in [-0.1, -0.05) is 0 Å². The average molecular weight is 365 g/mol. The predicted molar refractivity (Wildman–Crippen MR) is 86.3 cm³/mol. The monoisotopic (exact) mass is 365 g/mol. The molecule has 2 aromatic carbocycles. The molecule has 0 amide bonds. The van der Waals surface area contributed by atoms with E-state index in [2.05, 4.69) is 0 Å². The van der Waals surface area contributed by atoms with Crippen molar-refractivity contribution in [2.45, 2.75) is 13.1 Å². The molecular formula is C16H15F3KNO3. The first-order valence-electron chi connectivity index (χ1n) is 6.75. The maximum absolute atomic E-state index is 12.6. The molecule has 0 saturated carbocycles. The van der Waals surface area contributed by atoms with Gasteiger partial charge in [-0.05, 0) is 49.4 Å². The summed E-state index contributed by atoms with van der Waals surface area (Å²) >= 11 is 0. The summed E-state index contributed by atoms with van der Waals surface area (Å²) in [6.07, 6.45) is -4.41. The van der Waals surface area contributed by atoms with Crippen LogP contribution < -0.4 is 4.90 Å². The van der Waals surface area contributed by atoms with Crippen LogP contribution in [0.4, 0.5) is 24.5 Å². The average Bonchev–Trinajstić information content (AvgIpc) is 2.49. The van der Waals surface area contributed by atoms with Gasteiger partial charge < -0.3 is 15.1 Å². The molecule has 2 aromatic rings. The summed E-state index contributed by atoms with van der Waals surface area (Å²) in [5.41, 5.74) is -0.0768. The summed E-state index contributed by atoms with van der Waals surface area (Å²) in [6.45, 7) is 2.19. The third-order valence-corrected chi connectivity index (χ3v) is 3.34. The van der Waals surface area contributed by atoms with Gasteiger partial charge in [0, 0.05) is 17.9 Å². The van der Waals surface area contributed by atoms with Gasteiger partial charge in [0.15, 0.2) is 0 Å². The minimum absolute atomic E-state index is 0. The Morgan fingerprint density at radius 2 is 1.62 bits per heavy atom. The van der Waals surface area contributed by atoms with E-state index in [1.165, 1.54) is 30.3 Å². The van der Waals surface area contributed by atoms with Gasteiger partial charge in [0.25, 0.3) is 0 Å². The number of hydrogen-bond acceptors (Lipinski definition) is 3. The summed E-state index contributed by atoms with van der Waals surface area (Å²) in [6, 6.07) is 8.60. The molecule has 0 bridgehead atoms. The maximum atomic E-state index is 12.6. The molecule has 0 aliphatic rings. The van der Waals surface area contributed by atoms with Gasteiger partial charge in [0.2, 0.25) is 0 Å². The van der Waals surface area contributed by atoms with Crippen molar-refractivity contribution in [1.29, 1.82) is 0 Å². The number of aromatic carboxylic acids is 1. The first-order valence-corrected chi connectivity index (χ1v) is 6.75. The molecule has 0 radical (unpaired) electrons. The summed E-state index contributed by atoms with van der Waals surface area (Å²) in [5.74, 6) is -1.66.